The number of hydrogen-bond acceptors (Lipinski definition) is 1. The van der Waals surface area contributed by atoms with Crippen LogP contribution in [0.3, 0.4) is 0 Å². The summed E-state index contributed by atoms with van der Waals surface area (Å²) in [6.07, 6.45) is 6.17. The van der Waals surface area contributed by atoms with Crippen LogP contribution >= 0.6 is 0 Å². The zero-order chi connectivity index (χ0) is 16.2. The van der Waals surface area contributed by atoms with Crippen LogP contribution in [0.1, 0.15) is 37.7 Å². The highest BCUT2D eigenvalue weighted by Gasteiger charge is 2.21. The third-order valence-electron chi connectivity index (χ3n) is 4.71. The van der Waals surface area contributed by atoms with Gasteiger partial charge in [0.25, 0.3) is 0 Å². The Kier molecular flexibility index (Phi) is 4.94. The molecule has 0 bridgehead atoms. The minimum Gasteiger partial charge on any atom is -0.339 e. The van der Waals surface area contributed by atoms with E-state index in [0.717, 1.165) is 18.3 Å². The summed E-state index contributed by atoms with van der Waals surface area (Å²) < 4.78 is 27.6. The second-order valence-electron chi connectivity index (χ2n) is 6.55. The van der Waals surface area contributed by atoms with Crippen LogP contribution in [-0.4, -0.2) is 6.54 Å². The normalized spacial score (nSPS) is 15.6. The van der Waals surface area contributed by atoms with Crippen molar-refractivity contribution in [2.24, 2.45) is 5.92 Å². The van der Waals surface area contributed by atoms with E-state index in [0.29, 0.717) is 11.6 Å². The molecule has 1 saturated carbocycles. The fourth-order valence-corrected chi connectivity index (χ4v) is 3.40. The Morgan fingerprint density at radius 3 is 2.30 bits per heavy atom. The molecule has 0 N–H and O–H groups in total. The molecule has 0 unspecified atom stereocenters. The van der Waals surface area contributed by atoms with Gasteiger partial charge < -0.3 is 4.90 Å². The fourth-order valence-electron chi connectivity index (χ4n) is 3.40. The molecule has 0 saturated heterocycles. The van der Waals surface area contributed by atoms with Crippen molar-refractivity contribution in [3.05, 3.63) is 59.7 Å². The van der Waals surface area contributed by atoms with Crippen LogP contribution in [0.5, 0.6) is 0 Å². The lowest BCUT2D eigenvalue weighted by atomic mass is 9.88. The molecule has 2 aromatic rings. The van der Waals surface area contributed by atoms with Crippen molar-refractivity contribution in [2.75, 3.05) is 11.4 Å². The molecule has 0 spiro atoms. The van der Waals surface area contributed by atoms with Crippen molar-refractivity contribution in [3.63, 3.8) is 0 Å². The van der Waals surface area contributed by atoms with Crippen molar-refractivity contribution >= 4 is 11.4 Å². The van der Waals surface area contributed by atoms with Crippen LogP contribution < -0.4 is 4.90 Å². The van der Waals surface area contributed by atoms with E-state index in [1.807, 2.05) is 36.1 Å². The van der Waals surface area contributed by atoms with E-state index >= 15 is 0 Å². The highest BCUT2D eigenvalue weighted by Crippen LogP contribution is 2.33. The lowest BCUT2D eigenvalue weighted by Gasteiger charge is -2.31. The van der Waals surface area contributed by atoms with Gasteiger partial charge in [-0.1, -0.05) is 37.0 Å². The summed E-state index contributed by atoms with van der Waals surface area (Å²) in [6.45, 7) is 2.82. The van der Waals surface area contributed by atoms with Gasteiger partial charge >= 0.3 is 0 Å². The summed E-state index contributed by atoms with van der Waals surface area (Å²) in [5.74, 6) is -0.469. The number of halogens is 2. The van der Waals surface area contributed by atoms with Crippen LogP contribution in [0.25, 0.3) is 0 Å². The molecule has 1 aliphatic carbocycles. The number of anilines is 2. The van der Waals surface area contributed by atoms with Gasteiger partial charge in [0, 0.05) is 18.3 Å². The number of nitrogens with zero attached hydrogens (tertiary/aromatic N) is 1. The minimum atomic E-state index is -0.534. The number of aryl methyl sites for hydroxylation is 1. The Bertz CT molecular complexity index is 645. The summed E-state index contributed by atoms with van der Waals surface area (Å²) in [5, 5.41) is 0. The fraction of sp³-hybridized carbons (Fsp3) is 0.400. The highest BCUT2D eigenvalue weighted by atomic mass is 19.1. The molecule has 2 aromatic carbocycles. The molecule has 1 fully saturated rings. The second-order valence-corrected chi connectivity index (χ2v) is 6.55. The lowest BCUT2D eigenvalue weighted by Crippen LogP contribution is -2.27. The Labute approximate surface area is 136 Å². The van der Waals surface area contributed by atoms with Gasteiger partial charge in [-0.15, -0.1) is 0 Å². The first-order valence-corrected chi connectivity index (χ1v) is 8.43. The van der Waals surface area contributed by atoms with E-state index in [4.69, 9.17) is 0 Å². The van der Waals surface area contributed by atoms with Crippen LogP contribution in [-0.2, 0) is 0 Å². The second kappa shape index (κ2) is 7.12. The summed E-state index contributed by atoms with van der Waals surface area (Å²) in [4.78, 5) is 2.00. The molecular formula is C20H23F2N. The first-order chi connectivity index (χ1) is 11.1. The zero-order valence-corrected chi connectivity index (χ0v) is 13.6. The molecule has 0 aromatic heterocycles. The predicted octanol–water partition coefficient (Wildman–Crippen LogP) is 5.99. The average molecular weight is 315 g/mol. The van der Waals surface area contributed by atoms with Gasteiger partial charge in [-0.2, -0.15) is 0 Å². The van der Waals surface area contributed by atoms with E-state index in [9.17, 15) is 8.78 Å². The van der Waals surface area contributed by atoms with Crippen molar-refractivity contribution < 1.29 is 8.78 Å². The molecule has 0 heterocycles. The molecule has 3 rings (SSSR count). The SMILES string of the molecule is Cc1ccc(N(CC2CCCCC2)c2ccc(F)cc2F)cc1. The molecule has 1 aliphatic rings. The Morgan fingerprint density at radius 2 is 1.65 bits per heavy atom. The monoisotopic (exact) mass is 315 g/mol. The maximum absolute atomic E-state index is 14.3. The largest absolute Gasteiger partial charge is 0.339 e. The molecule has 0 amide bonds. The van der Waals surface area contributed by atoms with Crippen molar-refractivity contribution in [3.8, 4) is 0 Å². The Morgan fingerprint density at radius 1 is 0.957 bits per heavy atom. The van der Waals surface area contributed by atoms with Crippen LogP contribution in [0.2, 0.25) is 0 Å². The molecule has 1 nitrogen and oxygen atoms in total. The third kappa shape index (κ3) is 3.90. The van der Waals surface area contributed by atoms with Gasteiger partial charge in [-0.3, -0.25) is 0 Å². The Hall–Kier alpha value is -1.90. The number of hydrogen-bond donors (Lipinski definition) is 0. The van der Waals surface area contributed by atoms with Crippen molar-refractivity contribution in [1.29, 1.82) is 0 Å². The van der Waals surface area contributed by atoms with Gasteiger partial charge in [0.15, 0.2) is 0 Å². The molecule has 3 heteroatoms. The maximum atomic E-state index is 14.3. The molecule has 0 atom stereocenters. The van der Waals surface area contributed by atoms with E-state index in [1.54, 1.807) is 6.07 Å². The topological polar surface area (TPSA) is 3.24 Å². The van der Waals surface area contributed by atoms with E-state index in [2.05, 4.69) is 0 Å². The maximum Gasteiger partial charge on any atom is 0.149 e. The Balaban J connectivity index is 1.93. The molecule has 122 valence electrons. The highest BCUT2D eigenvalue weighted by molar-refractivity contribution is 5.64. The number of rotatable bonds is 4. The first-order valence-electron chi connectivity index (χ1n) is 8.43. The van der Waals surface area contributed by atoms with Crippen LogP contribution in [0.4, 0.5) is 20.2 Å². The molecular weight excluding hydrogens is 292 g/mol. The van der Waals surface area contributed by atoms with Gasteiger partial charge in [0.2, 0.25) is 0 Å². The van der Waals surface area contributed by atoms with Gasteiger partial charge in [0.1, 0.15) is 11.6 Å². The van der Waals surface area contributed by atoms with Gasteiger partial charge in [-0.05, 0) is 49.9 Å². The van der Waals surface area contributed by atoms with E-state index in [1.165, 1.54) is 43.7 Å². The molecule has 23 heavy (non-hydrogen) atoms. The first kappa shape index (κ1) is 16.0. The van der Waals surface area contributed by atoms with E-state index < -0.39 is 11.6 Å². The van der Waals surface area contributed by atoms with Crippen LogP contribution in [0, 0.1) is 24.5 Å². The third-order valence-corrected chi connectivity index (χ3v) is 4.71. The zero-order valence-electron chi connectivity index (χ0n) is 13.6. The summed E-state index contributed by atoms with van der Waals surface area (Å²) in [7, 11) is 0. The predicted molar refractivity (Wildman–Crippen MR) is 91.1 cm³/mol. The summed E-state index contributed by atoms with van der Waals surface area (Å²) in [5.41, 5.74) is 2.60. The van der Waals surface area contributed by atoms with Crippen molar-refractivity contribution in [2.45, 2.75) is 39.0 Å². The average Bonchev–Trinajstić information content (AvgIpc) is 2.55. The smallest absolute Gasteiger partial charge is 0.149 e. The van der Waals surface area contributed by atoms with Crippen molar-refractivity contribution in [1.82, 2.24) is 0 Å². The molecule has 0 radical (unpaired) electrons. The van der Waals surface area contributed by atoms with Crippen LogP contribution in [0.15, 0.2) is 42.5 Å². The number of benzene rings is 2. The quantitative estimate of drug-likeness (QED) is 0.669. The lowest BCUT2D eigenvalue weighted by molar-refractivity contribution is 0.364. The summed E-state index contributed by atoms with van der Waals surface area (Å²) in [6, 6.07) is 11.9. The summed E-state index contributed by atoms with van der Waals surface area (Å²) >= 11 is 0. The molecule has 0 aliphatic heterocycles. The minimum absolute atomic E-state index is 0.459. The van der Waals surface area contributed by atoms with Gasteiger partial charge in [-0.25, -0.2) is 8.78 Å². The van der Waals surface area contributed by atoms with E-state index in [-0.39, 0.29) is 0 Å². The standard InChI is InChI=1S/C20H23F2N/c1-15-7-10-18(11-8-15)23(14-16-5-3-2-4-6-16)20-12-9-17(21)13-19(20)22/h7-13,16H,2-6,14H2,1H3. The van der Waals surface area contributed by atoms with Gasteiger partial charge in [0.05, 0.1) is 5.69 Å².